The third-order valence-corrected chi connectivity index (χ3v) is 3.37. The molecule has 0 amide bonds. The van der Waals surface area contributed by atoms with E-state index in [4.69, 9.17) is 16.7 Å². The van der Waals surface area contributed by atoms with Gasteiger partial charge in [-0.05, 0) is 12.8 Å². The fraction of sp³-hybridized carbons (Fsp3) is 0.700. The predicted molar refractivity (Wildman–Crippen MR) is 55.3 cm³/mol. The SMILES string of the molecule is Cn1c(C2CCCC2)nc(Cl)c1CO. The number of imidazole rings is 1. The molecule has 4 heteroatoms. The van der Waals surface area contributed by atoms with Gasteiger partial charge in [0.15, 0.2) is 5.15 Å². The van der Waals surface area contributed by atoms with Crippen LogP contribution in [0, 0.1) is 0 Å². The summed E-state index contributed by atoms with van der Waals surface area (Å²) < 4.78 is 1.94. The lowest BCUT2D eigenvalue weighted by Crippen LogP contribution is -2.05. The van der Waals surface area contributed by atoms with E-state index in [-0.39, 0.29) is 6.61 Å². The zero-order valence-corrected chi connectivity index (χ0v) is 9.09. The molecule has 78 valence electrons. The minimum Gasteiger partial charge on any atom is -0.390 e. The van der Waals surface area contributed by atoms with Crippen molar-refractivity contribution >= 4 is 11.6 Å². The Balaban J connectivity index is 2.33. The monoisotopic (exact) mass is 214 g/mol. The van der Waals surface area contributed by atoms with Gasteiger partial charge < -0.3 is 9.67 Å². The van der Waals surface area contributed by atoms with Gasteiger partial charge in [0, 0.05) is 13.0 Å². The zero-order valence-electron chi connectivity index (χ0n) is 8.33. The molecule has 1 aromatic rings. The van der Waals surface area contributed by atoms with Crippen molar-refractivity contribution in [3.63, 3.8) is 0 Å². The van der Waals surface area contributed by atoms with E-state index in [1.165, 1.54) is 25.7 Å². The Kier molecular flexibility index (Phi) is 2.79. The Morgan fingerprint density at radius 2 is 2.14 bits per heavy atom. The van der Waals surface area contributed by atoms with E-state index in [9.17, 15) is 0 Å². The van der Waals surface area contributed by atoms with Crippen molar-refractivity contribution in [3.8, 4) is 0 Å². The summed E-state index contributed by atoms with van der Waals surface area (Å²) in [5, 5.41) is 9.57. The van der Waals surface area contributed by atoms with Gasteiger partial charge in [0.1, 0.15) is 5.82 Å². The van der Waals surface area contributed by atoms with Gasteiger partial charge in [-0.1, -0.05) is 24.4 Å². The molecule has 1 aromatic heterocycles. The van der Waals surface area contributed by atoms with E-state index in [0.717, 1.165) is 11.5 Å². The third kappa shape index (κ3) is 1.55. The normalized spacial score (nSPS) is 17.9. The number of aliphatic hydroxyl groups is 1. The molecule has 1 aliphatic carbocycles. The fourth-order valence-corrected chi connectivity index (χ4v) is 2.51. The highest BCUT2D eigenvalue weighted by atomic mass is 35.5. The van der Waals surface area contributed by atoms with Gasteiger partial charge in [-0.2, -0.15) is 0 Å². The zero-order chi connectivity index (χ0) is 10.1. The maximum atomic E-state index is 9.11. The van der Waals surface area contributed by atoms with E-state index in [0.29, 0.717) is 11.1 Å². The van der Waals surface area contributed by atoms with Gasteiger partial charge in [-0.25, -0.2) is 4.98 Å². The Morgan fingerprint density at radius 3 is 2.64 bits per heavy atom. The molecule has 1 fully saturated rings. The average Bonchev–Trinajstić information content (AvgIpc) is 2.74. The molecule has 2 rings (SSSR count). The summed E-state index contributed by atoms with van der Waals surface area (Å²) in [7, 11) is 1.93. The molecule has 0 spiro atoms. The number of halogens is 1. The summed E-state index contributed by atoms with van der Waals surface area (Å²) in [6, 6.07) is 0. The number of nitrogens with zero attached hydrogens (tertiary/aromatic N) is 2. The molecule has 1 aliphatic rings. The first-order valence-electron chi connectivity index (χ1n) is 5.06. The number of hydrogen-bond donors (Lipinski definition) is 1. The second-order valence-corrected chi connectivity index (χ2v) is 4.26. The van der Waals surface area contributed by atoms with Crippen LogP contribution in [0.2, 0.25) is 5.15 Å². The first-order valence-corrected chi connectivity index (χ1v) is 5.43. The highest BCUT2D eigenvalue weighted by molar-refractivity contribution is 6.30. The highest BCUT2D eigenvalue weighted by Gasteiger charge is 2.23. The molecule has 0 aromatic carbocycles. The Morgan fingerprint density at radius 1 is 1.50 bits per heavy atom. The minimum atomic E-state index is -0.0327. The molecule has 0 unspecified atom stereocenters. The quantitative estimate of drug-likeness (QED) is 0.820. The molecular formula is C10H15ClN2O. The van der Waals surface area contributed by atoms with Gasteiger partial charge in [-0.3, -0.25) is 0 Å². The lowest BCUT2D eigenvalue weighted by Gasteiger charge is -2.09. The van der Waals surface area contributed by atoms with Crippen LogP contribution in [-0.4, -0.2) is 14.7 Å². The van der Waals surface area contributed by atoms with E-state index >= 15 is 0 Å². The highest BCUT2D eigenvalue weighted by Crippen LogP contribution is 2.34. The Labute approximate surface area is 88.7 Å². The van der Waals surface area contributed by atoms with E-state index in [1.807, 2.05) is 11.6 Å². The van der Waals surface area contributed by atoms with Gasteiger partial charge >= 0.3 is 0 Å². The van der Waals surface area contributed by atoms with Crippen LogP contribution in [0.3, 0.4) is 0 Å². The average molecular weight is 215 g/mol. The van der Waals surface area contributed by atoms with Crippen molar-refractivity contribution in [2.75, 3.05) is 0 Å². The summed E-state index contributed by atoms with van der Waals surface area (Å²) >= 11 is 5.94. The van der Waals surface area contributed by atoms with Crippen molar-refractivity contribution in [2.24, 2.45) is 7.05 Å². The molecule has 0 radical (unpaired) electrons. The molecule has 0 bridgehead atoms. The minimum absolute atomic E-state index is 0.0327. The molecule has 0 aliphatic heterocycles. The van der Waals surface area contributed by atoms with Crippen LogP contribution in [0.15, 0.2) is 0 Å². The Bertz CT molecular complexity index is 329. The first-order chi connectivity index (χ1) is 6.74. The van der Waals surface area contributed by atoms with Crippen molar-refractivity contribution < 1.29 is 5.11 Å². The van der Waals surface area contributed by atoms with Crippen molar-refractivity contribution in [2.45, 2.75) is 38.2 Å². The number of aliphatic hydroxyl groups excluding tert-OH is 1. The summed E-state index contributed by atoms with van der Waals surface area (Å²) in [4.78, 5) is 4.33. The summed E-state index contributed by atoms with van der Waals surface area (Å²) in [6.07, 6.45) is 4.96. The van der Waals surface area contributed by atoms with Crippen LogP contribution in [-0.2, 0) is 13.7 Å². The summed E-state index contributed by atoms with van der Waals surface area (Å²) in [5.41, 5.74) is 0.730. The van der Waals surface area contributed by atoms with E-state index in [1.54, 1.807) is 0 Å². The second-order valence-electron chi connectivity index (χ2n) is 3.91. The molecule has 1 N–H and O–H groups in total. The van der Waals surface area contributed by atoms with Crippen molar-refractivity contribution in [3.05, 3.63) is 16.7 Å². The smallest absolute Gasteiger partial charge is 0.152 e. The van der Waals surface area contributed by atoms with Crippen LogP contribution in [0.1, 0.15) is 43.1 Å². The van der Waals surface area contributed by atoms with Crippen LogP contribution in [0.25, 0.3) is 0 Å². The largest absolute Gasteiger partial charge is 0.390 e. The maximum absolute atomic E-state index is 9.11. The third-order valence-electron chi connectivity index (χ3n) is 3.07. The molecule has 1 heterocycles. The van der Waals surface area contributed by atoms with Crippen molar-refractivity contribution in [1.29, 1.82) is 0 Å². The second kappa shape index (κ2) is 3.91. The van der Waals surface area contributed by atoms with Gasteiger partial charge in [0.2, 0.25) is 0 Å². The first kappa shape index (κ1) is 9.99. The van der Waals surface area contributed by atoms with Crippen molar-refractivity contribution in [1.82, 2.24) is 9.55 Å². The molecule has 3 nitrogen and oxygen atoms in total. The molecular weight excluding hydrogens is 200 g/mol. The Hall–Kier alpha value is -0.540. The maximum Gasteiger partial charge on any atom is 0.152 e. The number of hydrogen-bond acceptors (Lipinski definition) is 2. The standard InChI is InChI=1S/C10H15ClN2O/c1-13-8(6-14)9(11)12-10(13)7-4-2-3-5-7/h7,14H,2-6H2,1H3. The van der Waals surface area contributed by atoms with Crippen LogP contribution >= 0.6 is 11.6 Å². The lowest BCUT2D eigenvalue weighted by atomic mass is 10.1. The number of aromatic nitrogens is 2. The molecule has 14 heavy (non-hydrogen) atoms. The van der Waals surface area contributed by atoms with Crippen LogP contribution in [0.5, 0.6) is 0 Å². The molecule has 0 atom stereocenters. The topological polar surface area (TPSA) is 38.0 Å². The van der Waals surface area contributed by atoms with Gasteiger partial charge in [0.25, 0.3) is 0 Å². The van der Waals surface area contributed by atoms with E-state index < -0.39 is 0 Å². The lowest BCUT2D eigenvalue weighted by molar-refractivity contribution is 0.272. The van der Waals surface area contributed by atoms with Crippen LogP contribution < -0.4 is 0 Å². The fourth-order valence-electron chi connectivity index (χ4n) is 2.24. The summed E-state index contributed by atoms with van der Waals surface area (Å²) in [5.74, 6) is 1.58. The summed E-state index contributed by atoms with van der Waals surface area (Å²) in [6.45, 7) is -0.0327. The molecule has 1 saturated carbocycles. The van der Waals surface area contributed by atoms with Gasteiger partial charge in [0.05, 0.1) is 12.3 Å². The van der Waals surface area contributed by atoms with Gasteiger partial charge in [-0.15, -0.1) is 0 Å². The predicted octanol–water partition coefficient (Wildman–Crippen LogP) is 2.22. The van der Waals surface area contributed by atoms with E-state index in [2.05, 4.69) is 4.98 Å². The molecule has 0 saturated heterocycles. The number of rotatable bonds is 2. The van der Waals surface area contributed by atoms with Crippen LogP contribution in [0.4, 0.5) is 0 Å².